The predicted octanol–water partition coefficient (Wildman–Crippen LogP) is 1.92. The molecule has 0 amide bonds. The third kappa shape index (κ3) is 2.93. The minimum Gasteiger partial charge on any atom is -0.507 e. The maximum Gasteiger partial charge on any atom is 0.342 e. The number of esters is 1. The van der Waals surface area contributed by atoms with Crippen LogP contribution in [0.1, 0.15) is 24.2 Å². The molecule has 0 heterocycles. The normalized spacial score (nSPS) is 9.69. The number of aliphatic imine (C=N–C) groups is 1. The average molecular weight is 221 g/mol. The fourth-order valence-electron chi connectivity index (χ4n) is 1.09. The number of carbonyl (C=O) groups is 1. The van der Waals surface area contributed by atoms with E-state index < -0.39 is 5.97 Å². The molecule has 84 valence electrons. The van der Waals surface area contributed by atoms with E-state index in [4.69, 9.17) is 4.74 Å². The number of carbonyl (C=O) groups excluding carboxylic acids is 2. The Hall–Kier alpha value is -2.13. The molecule has 16 heavy (non-hydrogen) atoms. The molecule has 5 nitrogen and oxygen atoms in total. The number of ether oxygens (including phenoxy) is 1. The highest BCUT2D eigenvalue weighted by Crippen LogP contribution is 2.24. The third-order valence-electron chi connectivity index (χ3n) is 1.72. The van der Waals surface area contributed by atoms with Gasteiger partial charge in [-0.1, -0.05) is 0 Å². The van der Waals surface area contributed by atoms with Gasteiger partial charge in [0.2, 0.25) is 6.08 Å². The fraction of sp³-hybridized carbons (Fsp3) is 0.273. The maximum absolute atomic E-state index is 11.5. The van der Waals surface area contributed by atoms with Crippen molar-refractivity contribution in [1.82, 2.24) is 0 Å². The smallest absolute Gasteiger partial charge is 0.342 e. The topological polar surface area (TPSA) is 76.0 Å². The van der Waals surface area contributed by atoms with Crippen molar-refractivity contribution in [2.45, 2.75) is 20.0 Å². The number of phenolic OH excluding ortho intramolecular Hbond substituents is 1. The predicted molar refractivity (Wildman–Crippen MR) is 56.4 cm³/mol. The van der Waals surface area contributed by atoms with Crippen LogP contribution in [0, 0.1) is 0 Å². The monoisotopic (exact) mass is 221 g/mol. The van der Waals surface area contributed by atoms with Crippen molar-refractivity contribution in [1.29, 1.82) is 0 Å². The van der Waals surface area contributed by atoms with Crippen LogP contribution in [0.5, 0.6) is 5.75 Å². The first-order chi connectivity index (χ1) is 7.54. The van der Waals surface area contributed by atoms with Crippen LogP contribution in [-0.2, 0) is 9.53 Å². The van der Waals surface area contributed by atoms with Crippen LogP contribution in [0.4, 0.5) is 5.69 Å². The van der Waals surface area contributed by atoms with E-state index in [1.54, 1.807) is 13.8 Å². The summed E-state index contributed by atoms with van der Waals surface area (Å²) in [6.07, 6.45) is 1.06. The largest absolute Gasteiger partial charge is 0.507 e. The van der Waals surface area contributed by atoms with E-state index in [-0.39, 0.29) is 23.1 Å². The summed E-state index contributed by atoms with van der Waals surface area (Å²) in [6, 6.07) is 3.93. The zero-order valence-corrected chi connectivity index (χ0v) is 8.93. The minimum atomic E-state index is -0.657. The second kappa shape index (κ2) is 5.09. The lowest BCUT2D eigenvalue weighted by Gasteiger charge is -2.09. The molecule has 0 fully saturated rings. The molecule has 1 rings (SSSR count). The van der Waals surface area contributed by atoms with Crippen LogP contribution in [0.2, 0.25) is 0 Å². The number of isocyanates is 1. The Kier molecular flexibility index (Phi) is 3.80. The van der Waals surface area contributed by atoms with Crippen LogP contribution in [0.3, 0.4) is 0 Å². The van der Waals surface area contributed by atoms with Crippen molar-refractivity contribution in [3.05, 3.63) is 23.8 Å². The molecular formula is C11H11NO4. The Balaban J connectivity index is 3.06. The van der Waals surface area contributed by atoms with E-state index >= 15 is 0 Å². The third-order valence-corrected chi connectivity index (χ3v) is 1.72. The summed E-state index contributed by atoms with van der Waals surface area (Å²) in [6.45, 7) is 3.39. The van der Waals surface area contributed by atoms with Gasteiger partial charge in [-0.15, -0.1) is 0 Å². The summed E-state index contributed by atoms with van der Waals surface area (Å²) in [7, 11) is 0. The molecule has 0 radical (unpaired) electrons. The van der Waals surface area contributed by atoms with Gasteiger partial charge in [0.15, 0.2) is 0 Å². The molecule has 0 atom stereocenters. The fourth-order valence-corrected chi connectivity index (χ4v) is 1.09. The van der Waals surface area contributed by atoms with Gasteiger partial charge in [0.25, 0.3) is 0 Å². The van der Waals surface area contributed by atoms with Gasteiger partial charge in [0, 0.05) is 0 Å². The first-order valence-corrected chi connectivity index (χ1v) is 4.66. The molecule has 0 bridgehead atoms. The van der Waals surface area contributed by atoms with Crippen LogP contribution >= 0.6 is 0 Å². The quantitative estimate of drug-likeness (QED) is 0.480. The summed E-state index contributed by atoms with van der Waals surface area (Å²) >= 11 is 0. The number of hydrogen-bond donors (Lipinski definition) is 1. The minimum absolute atomic E-state index is 0.0230. The first kappa shape index (κ1) is 11.9. The van der Waals surface area contributed by atoms with Gasteiger partial charge in [-0.2, -0.15) is 4.99 Å². The Morgan fingerprint density at radius 2 is 2.19 bits per heavy atom. The molecule has 5 heteroatoms. The lowest BCUT2D eigenvalue weighted by Crippen LogP contribution is -2.11. The Morgan fingerprint density at radius 3 is 2.75 bits per heavy atom. The summed E-state index contributed by atoms with van der Waals surface area (Å²) in [5.41, 5.74) is 0.216. The van der Waals surface area contributed by atoms with Gasteiger partial charge in [0.05, 0.1) is 11.8 Å². The van der Waals surface area contributed by atoms with Gasteiger partial charge >= 0.3 is 5.97 Å². The highest BCUT2D eigenvalue weighted by Gasteiger charge is 2.14. The van der Waals surface area contributed by atoms with Crippen LogP contribution in [0.25, 0.3) is 0 Å². The standard InChI is InChI=1S/C11H11NO4/c1-7(2)16-11(15)9-5-8(12-6-13)3-4-10(9)14/h3-5,7,14H,1-2H3. The summed E-state index contributed by atoms with van der Waals surface area (Å²) in [5, 5.41) is 9.45. The van der Waals surface area contributed by atoms with Crippen molar-refractivity contribution >= 4 is 17.7 Å². The molecule has 0 saturated heterocycles. The van der Waals surface area contributed by atoms with Gasteiger partial charge in [-0.3, -0.25) is 0 Å². The molecule has 0 aromatic heterocycles. The summed E-state index contributed by atoms with van der Waals surface area (Å²) < 4.78 is 4.91. The zero-order valence-electron chi connectivity index (χ0n) is 8.93. The van der Waals surface area contributed by atoms with Crippen molar-refractivity contribution in [2.24, 2.45) is 4.99 Å². The highest BCUT2D eigenvalue weighted by atomic mass is 16.5. The number of hydrogen-bond acceptors (Lipinski definition) is 5. The molecule has 1 aromatic rings. The molecular weight excluding hydrogens is 210 g/mol. The molecule has 1 N–H and O–H groups in total. The van der Waals surface area contributed by atoms with E-state index in [1.807, 2.05) is 0 Å². The van der Waals surface area contributed by atoms with Gasteiger partial charge in [-0.25, -0.2) is 9.59 Å². The Labute approximate surface area is 92.4 Å². The van der Waals surface area contributed by atoms with Crippen LogP contribution in [-0.4, -0.2) is 23.3 Å². The maximum atomic E-state index is 11.5. The summed E-state index contributed by atoms with van der Waals surface area (Å²) in [5.74, 6) is -0.869. The van der Waals surface area contributed by atoms with Crippen molar-refractivity contribution in [3.63, 3.8) is 0 Å². The van der Waals surface area contributed by atoms with Gasteiger partial charge in [0.1, 0.15) is 11.3 Å². The molecule has 0 aliphatic rings. The second-order valence-corrected chi connectivity index (χ2v) is 3.36. The zero-order chi connectivity index (χ0) is 12.1. The second-order valence-electron chi connectivity index (χ2n) is 3.36. The number of aromatic hydroxyl groups is 1. The molecule has 0 aliphatic carbocycles. The lowest BCUT2D eigenvalue weighted by atomic mass is 10.2. The first-order valence-electron chi connectivity index (χ1n) is 4.66. The number of benzene rings is 1. The van der Waals surface area contributed by atoms with E-state index in [9.17, 15) is 14.7 Å². The van der Waals surface area contributed by atoms with E-state index in [0.717, 1.165) is 0 Å². The summed E-state index contributed by atoms with van der Waals surface area (Å²) in [4.78, 5) is 24.9. The SMILES string of the molecule is CC(C)OC(=O)c1cc(N=C=O)ccc1O. The molecule has 0 unspecified atom stereocenters. The van der Waals surface area contributed by atoms with Crippen LogP contribution < -0.4 is 0 Å². The highest BCUT2D eigenvalue weighted by molar-refractivity contribution is 5.93. The number of phenols is 1. The average Bonchev–Trinajstić information content (AvgIpc) is 2.20. The van der Waals surface area contributed by atoms with E-state index in [1.165, 1.54) is 24.3 Å². The molecule has 0 spiro atoms. The number of nitrogens with zero attached hydrogens (tertiary/aromatic N) is 1. The van der Waals surface area contributed by atoms with Crippen molar-refractivity contribution in [2.75, 3.05) is 0 Å². The molecule has 1 aromatic carbocycles. The van der Waals surface area contributed by atoms with Crippen molar-refractivity contribution in [3.8, 4) is 5.75 Å². The lowest BCUT2D eigenvalue weighted by molar-refractivity contribution is 0.0375. The van der Waals surface area contributed by atoms with E-state index in [2.05, 4.69) is 4.99 Å². The van der Waals surface area contributed by atoms with E-state index in [0.29, 0.717) is 0 Å². The molecule has 0 saturated carbocycles. The van der Waals surface area contributed by atoms with Crippen molar-refractivity contribution < 1.29 is 19.4 Å². The van der Waals surface area contributed by atoms with Crippen LogP contribution in [0.15, 0.2) is 23.2 Å². The number of rotatable bonds is 3. The van der Waals surface area contributed by atoms with Gasteiger partial charge in [-0.05, 0) is 32.0 Å². The van der Waals surface area contributed by atoms with Gasteiger partial charge < -0.3 is 9.84 Å². The Bertz CT molecular complexity index is 447. The Morgan fingerprint density at radius 1 is 1.50 bits per heavy atom. The molecule has 0 aliphatic heterocycles.